The highest BCUT2D eigenvalue weighted by Gasteiger charge is 2.51. The number of nitrogens with zero attached hydrogens (tertiary/aromatic N) is 3. The fourth-order valence-corrected chi connectivity index (χ4v) is 7.63. The largest absolute Gasteiger partial charge is 0.471 e. The molecule has 4 aliphatic rings. The molecule has 2 bridgehead atoms. The van der Waals surface area contributed by atoms with Gasteiger partial charge in [-0.3, -0.25) is 4.79 Å². The van der Waals surface area contributed by atoms with Crippen LogP contribution in [0.5, 0.6) is 5.88 Å². The second-order valence-electron chi connectivity index (χ2n) is 14.1. The summed E-state index contributed by atoms with van der Waals surface area (Å²) in [6.07, 6.45) is 1.95. The van der Waals surface area contributed by atoms with Gasteiger partial charge in [0.2, 0.25) is 11.8 Å². The van der Waals surface area contributed by atoms with Crippen molar-refractivity contribution in [3.05, 3.63) is 30.0 Å². The fourth-order valence-electron chi connectivity index (χ4n) is 7.63. The highest BCUT2D eigenvalue weighted by molar-refractivity contribution is 5.91. The summed E-state index contributed by atoms with van der Waals surface area (Å²) in [7, 11) is 1.22. The zero-order chi connectivity index (χ0) is 32.1. The first kappa shape index (κ1) is 31.4. The lowest BCUT2D eigenvalue weighted by atomic mass is 9.71. The van der Waals surface area contributed by atoms with Gasteiger partial charge >= 0.3 is 12.1 Å². The first-order valence-electron chi connectivity index (χ1n) is 16.0. The number of amides is 2. The number of halogens is 2. The molecule has 3 heterocycles. The molecule has 1 saturated heterocycles. The van der Waals surface area contributed by atoms with E-state index in [0.29, 0.717) is 35.7 Å². The summed E-state index contributed by atoms with van der Waals surface area (Å²) in [5.74, 6) is -3.90. The minimum Gasteiger partial charge on any atom is -0.471 e. The van der Waals surface area contributed by atoms with Gasteiger partial charge in [-0.05, 0) is 67.4 Å². The van der Waals surface area contributed by atoms with Crippen molar-refractivity contribution < 1.29 is 37.4 Å². The molecule has 0 spiro atoms. The van der Waals surface area contributed by atoms with Crippen LogP contribution in [0.3, 0.4) is 0 Å². The van der Waals surface area contributed by atoms with Crippen molar-refractivity contribution in [3.63, 3.8) is 0 Å². The number of methoxy groups -OCH3 is 1. The van der Waals surface area contributed by atoms with Gasteiger partial charge in [0, 0.05) is 12.8 Å². The number of fused-ring (bicyclic) bond motifs is 7. The van der Waals surface area contributed by atoms with Crippen LogP contribution in [0.2, 0.25) is 0 Å². The molecular formula is C33H42F2N4O6. The average molecular weight is 629 g/mol. The number of esters is 1. The molecule has 1 aromatic heterocycles. The van der Waals surface area contributed by atoms with Crippen LogP contribution in [0.4, 0.5) is 13.6 Å². The molecule has 244 valence electrons. The summed E-state index contributed by atoms with van der Waals surface area (Å²) in [6.45, 7) is 5.35. The average Bonchev–Trinajstić information content (AvgIpc) is 3.49. The molecule has 1 N–H and O–H groups in total. The summed E-state index contributed by atoms with van der Waals surface area (Å²) >= 11 is 0. The molecule has 0 radical (unpaired) electrons. The number of para-hydroxylation sites is 2. The molecule has 7 atom stereocenters. The van der Waals surface area contributed by atoms with E-state index in [1.165, 1.54) is 12.0 Å². The van der Waals surface area contributed by atoms with Crippen LogP contribution in [-0.4, -0.2) is 70.8 Å². The number of alkyl carbamates (subject to hydrolysis) is 1. The Hall–Kier alpha value is -3.57. The zero-order valence-electron chi connectivity index (χ0n) is 26.3. The van der Waals surface area contributed by atoms with E-state index < -0.39 is 59.6 Å². The molecule has 2 amide bonds. The SMILES string of the molecule is COC(=O)[C@@H]1C[C@@H]2CN1C(=O)[C@H](C(C)(C)C)NC(=O)O[C@@H]1C[C@@H]3CC[C@@H]3[C@H]1CCCCC(F)(F)c1nc3ccccc3nc1O2. The summed E-state index contributed by atoms with van der Waals surface area (Å²) in [5, 5.41) is 2.81. The Bertz CT molecular complexity index is 1460. The van der Waals surface area contributed by atoms with E-state index in [0.717, 1.165) is 19.3 Å². The fraction of sp³-hybridized carbons (Fsp3) is 0.667. The normalized spacial score (nSPS) is 32.0. The standard InChI is InChI=1S/C33H42F2N4O6/c1-32(2,3)27-29(40)39-17-19(16-24(39)30(41)43-4)44-28-26(36-22-10-5-6-11-23(22)37-28)33(34,35)14-8-7-9-21-20-13-12-18(20)15-25(21)45-31(42)38-27/h5-6,10-11,18-21,24-25,27H,7-9,12-17H2,1-4H3,(H,38,42)/t18-,19+,20-,21+,24-,25+,27+/m0/s1. The molecule has 12 heteroatoms. The molecule has 6 rings (SSSR count). The van der Waals surface area contributed by atoms with E-state index in [1.807, 2.05) is 20.8 Å². The predicted molar refractivity (Wildman–Crippen MR) is 159 cm³/mol. The lowest BCUT2D eigenvalue weighted by molar-refractivity contribution is -0.152. The minimum absolute atomic E-state index is 0.00816. The maximum absolute atomic E-state index is 16.0. The molecule has 1 aromatic carbocycles. The number of nitrogens with one attached hydrogen (secondary N) is 1. The summed E-state index contributed by atoms with van der Waals surface area (Å²) in [5.41, 5.74) is -0.586. The number of carbonyl (C=O) groups excluding carboxylic acids is 3. The third kappa shape index (κ3) is 6.16. The number of benzene rings is 1. The highest BCUT2D eigenvalue weighted by Crippen LogP contribution is 2.53. The lowest BCUT2D eigenvalue weighted by Gasteiger charge is -2.35. The van der Waals surface area contributed by atoms with Gasteiger partial charge in [-0.25, -0.2) is 19.6 Å². The van der Waals surface area contributed by atoms with Crippen LogP contribution in [-0.2, 0) is 25.0 Å². The number of ether oxygens (including phenoxy) is 3. The molecule has 2 aliphatic carbocycles. The number of aromatic nitrogens is 2. The van der Waals surface area contributed by atoms with Gasteiger partial charge in [-0.2, -0.15) is 8.78 Å². The van der Waals surface area contributed by atoms with Crippen molar-refractivity contribution >= 4 is 29.0 Å². The van der Waals surface area contributed by atoms with Crippen molar-refractivity contribution in [1.82, 2.24) is 20.2 Å². The van der Waals surface area contributed by atoms with Gasteiger partial charge in [0.1, 0.15) is 24.3 Å². The monoisotopic (exact) mass is 628 g/mol. The van der Waals surface area contributed by atoms with Gasteiger partial charge in [-0.1, -0.05) is 39.3 Å². The first-order valence-corrected chi connectivity index (χ1v) is 16.0. The minimum atomic E-state index is -3.34. The molecule has 10 nitrogen and oxygen atoms in total. The Morgan fingerprint density at radius 2 is 1.76 bits per heavy atom. The second-order valence-corrected chi connectivity index (χ2v) is 14.1. The van der Waals surface area contributed by atoms with Crippen LogP contribution in [0.1, 0.15) is 77.8 Å². The molecule has 3 fully saturated rings. The quantitative estimate of drug-likeness (QED) is 0.419. The van der Waals surface area contributed by atoms with Crippen molar-refractivity contribution in [2.75, 3.05) is 13.7 Å². The predicted octanol–water partition coefficient (Wildman–Crippen LogP) is 5.37. The number of rotatable bonds is 1. The summed E-state index contributed by atoms with van der Waals surface area (Å²) < 4.78 is 49.0. The third-order valence-electron chi connectivity index (χ3n) is 10.1. The Balaban J connectivity index is 1.38. The van der Waals surface area contributed by atoms with Crippen molar-refractivity contribution in [2.45, 2.75) is 102 Å². The lowest BCUT2D eigenvalue weighted by Crippen LogP contribution is -2.57. The molecule has 2 saturated carbocycles. The van der Waals surface area contributed by atoms with Crippen LogP contribution >= 0.6 is 0 Å². The van der Waals surface area contributed by atoms with Gasteiger partial charge in [0.25, 0.3) is 5.92 Å². The topological polar surface area (TPSA) is 120 Å². The Labute approximate surface area is 261 Å². The first-order chi connectivity index (χ1) is 21.4. The molecule has 45 heavy (non-hydrogen) atoms. The summed E-state index contributed by atoms with van der Waals surface area (Å²) in [4.78, 5) is 50.4. The van der Waals surface area contributed by atoms with Crippen LogP contribution < -0.4 is 10.1 Å². The van der Waals surface area contributed by atoms with Crippen LogP contribution in [0, 0.1) is 23.2 Å². The van der Waals surface area contributed by atoms with E-state index >= 15 is 8.78 Å². The maximum Gasteiger partial charge on any atom is 0.408 e. The van der Waals surface area contributed by atoms with E-state index in [1.54, 1.807) is 24.3 Å². The molecule has 2 aliphatic heterocycles. The zero-order valence-corrected chi connectivity index (χ0v) is 26.3. The van der Waals surface area contributed by atoms with Crippen LogP contribution in [0.15, 0.2) is 24.3 Å². The molecule has 2 aromatic rings. The van der Waals surface area contributed by atoms with Gasteiger partial charge in [0.15, 0.2) is 5.69 Å². The second kappa shape index (κ2) is 12.0. The number of alkyl halides is 2. The maximum atomic E-state index is 16.0. The van der Waals surface area contributed by atoms with Crippen molar-refractivity contribution in [1.29, 1.82) is 0 Å². The van der Waals surface area contributed by atoms with Gasteiger partial charge < -0.3 is 24.4 Å². The van der Waals surface area contributed by atoms with E-state index in [-0.39, 0.29) is 37.3 Å². The highest BCUT2D eigenvalue weighted by atomic mass is 19.3. The van der Waals surface area contributed by atoms with Gasteiger partial charge in [0.05, 0.1) is 24.7 Å². The van der Waals surface area contributed by atoms with Crippen molar-refractivity contribution in [3.8, 4) is 5.88 Å². The van der Waals surface area contributed by atoms with E-state index in [2.05, 4.69) is 15.3 Å². The third-order valence-corrected chi connectivity index (χ3v) is 10.1. The Morgan fingerprint density at radius 1 is 1.02 bits per heavy atom. The van der Waals surface area contributed by atoms with E-state index in [4.69, 9.17) is 14.2 Å². The number of hydrogen-bond acceptors (Lipinski definition) is 8. The van der Waals surface area contributed by atoms with Gasteiger partial charge in [-0.15, -0.1) is 0 Å². The molecular weight excluding hydrogens is 586 g/mol. The number of carbonyl (C=O) groups is 3. The molecule has 0 unspecified atom stereocenters. The Morgan fingerprint density at radius 3 is 2.42 bits per heavy atom. The van der Waals surface area contributed by atoms with E-state index in [9.17, 15) is 14.4 Å². The van der Waals surface area contributed by atoms with Crippen molar-refractivity contribution in [2.24, 2.45) is 23.2 Å². The van der Waals surface area contributed by atoms with Crippen LogP contribution in [0.25, 0.3) is 11.0 Å². The summed E-state index contributed by atoms with van der Waals surface area (Å²) in [6, 6.07) is 4.66. The smallest absolute Gasteiger partial charge is 0.408 e. The number of hydrogen-bond donors (Lipinski definition) is 1. The Kier molecular flexibility index (Phi) is 8.36.